The minimum atomic E-state index is -0.453. The second-order valence-corrected chi connectivity index (χ2v) is 7.17. The molecule has 0 spiro atoms. The number of aliphatic hydroxyl groups excluding tert-OH is 1. The summed E-state index contributed by atoms with van der Waals surface area (Å²) < 4.78 is 0. The van der Waals surface area contributed by atoms with Gasteiger partial charge in [0.2, 0.25) is 11.8 Å². The molecular formula is C20H31N3O3. The van der Waals surface area contributed by atoms with Gasteiger partial charge in [0, 0.05) is 38.8 Å². The van der Waals surface area contributed by atoms with Crippen LogP contribution in [-0.4, -0.2) is 65.0 Å². The van der Waals surface area contributed by atoms with E-state index in [0.717, 1.165) is 6.54 Å². The van der Waals surface area contributed by atoms with Crippen molar-refractivity contribution in [1.29, 1.82) is 0 Å². The normalized spacial score (nSPS) is 18.0. The molecule has 26 heavy (non-hydrogen) atoms. The number of nitrogens with one attached hydrogen (secondary N) is 1. The average Bonchev–Trinajstić information content (AvgIpc) is 2.60. The lowest BCUT2D eigenvalue weighted by Gasteiger charge is -2.36. The summed E-state index contributed by atoms with van der Waals surface area (Å²) in [5, 5.41) is 12.0. The van der Waals surface area contributed by atoms with Gasteiger partial charge in [0.05, 0.1) is 12.5 Å². The summed E-state index contributed by atoms with van der Waals surface area (Å²) >= 11 is 0. The Balaban J connectivity index is 2.10. The maximum Gasteiger partial charge on any atom is 0.237 e. The smallest absolute Gasteiger partial charge is 0.237 e. The largest absolute Gasteiger partial charge is 0.396 e. The van der Waals surface area contributed by atoms with Crippen molar-refractivity contribution < 1.29 is 14.7 Å². The van der Waals surface area contributed by atoms with Gasteiger partial charge in [-0.2, -0.15) is 0 Å². The van der Waals surface area contributed by atoms with Crippen LogP contribution in [0.25, 0.3) is 0 Å². The minimum absolute atomic E-state index is 0.0368. The van der Waals surface area contributed by atoms with Gasteiger partial charge in [-0.3, -0.25) is 14.5 Å². The highest BCUT2D eigenvalue weighted by Crippen LogP contribution is 2.18. The summed E-state index contributed by atoms with van der Waals surface area (Å²) in [6.45, 7) is 8.55. The predicted molar refractivity (Wildman–Crippen MR) is 102 cm³/mol. The number of benzene rings is 1. The number of carbonyl (C=O) groups is 2. The van der Waals surface area contributed by atoms with Crippen molar-refractivity contribution in [3.8, 4) is 0 Å². The van der Waals surface area contributed by atoms with Gasteiger partial charge >= 0.3 is 0 Å². The van der Waals surface area contributed by atoms with Crippen LogP contribution in [0.3, 0.4) is 0 Å². The highest BCUT2D eigenvalue weighted by Gasteiger charge is 2.33. The van der Waals surface area contributed by atoms with Gasteiger partial charge in [0.15, 0.2) is 0 Å². The van der Waals surface area contributed by atoms with Gasteiger partial charge in [0.25, 0.3) is 0 Å². The maximum absolute atomic E-state index is 12.8. The summed E-state index contributed by atoms with van der Waals surface area (Å²) in [5.41, 5.74) is 2.37. The van der Waals surface area contributed by atoms with E-state index in [9.17, 15) is 9.59 Å². The van der Waals surface area contributed by atoms with E-state index < -0.39 is 6.04 Å². The van der Waals surface area contributed by atoms with Crippen LogP contribution in [0.5, 0.6) is 0 Å². The molecule has 1 saturated heterocycles. The van der Waals surface area contributed by atoms with E-state index in [2.05, 4.69) is 29.3 Å². The fraction of sp³-hybridized carbons (Fsp3) is 0.600. The van der Waals surface area contributed by atoms with Crippen LogP contribution in [-0.2, 0) is 16.1 Å². The molecule has 1 heterocycles. The predicted octanol–water partition coefficient (Wildman–Crippen LogP) is 1.30. The van der Waals surface area contributed by atoms with Gasteiger partial charge in [-0.1, -0.05) is 24.3 Å². The van der Waals surface area contributed by atoms with Gasteiger partial charge in [0.1, 0.15) is 0 Å². The number of aliphatic hydroxyl groups is 1. The van der Waals surface area contributed by atoms with Crippen molar-refractivity contribution in [3.63, 3.8) is 0 Å². The van der Waals surface area contributed by atoms with Crippen LogP contribution >= 0.6 is 0 Å². The quantitative estimate of drug-likeness (QED) is 0.732. The molecule has 6 heteroatoms. The molecule has 6 nitrogen and oxygen atoms in total. The molecule has 1 aliphatic heterocycles. The molecular weight excluding hydrogens is 330 g/mol. The Morgan fingerprint density at radius 3 is 2.77 bits per heavy atom. The molecule has 0 radical (unpaired) electrons. The molecule has 1 aromatic carbocycles. The van der Waals surface area contributed by atoms with Crippen molar-refractivity contribution in [1.82, 2.24) is 15.1 Å². The van der Waals surface area contributed by atoms with E-state index in [-0.39, 0.29) is 30.9 Å². The van der Waals surface area contributed by atoms with E-state index in [1.54, 1.807) is 4.90 Å². The number of aryl methyl sites for hydroxylation is 1. The molecule has 1 aliphatic rings. The van der Waals surface area contributed by atoms with E-state index in [0.29, 0.717) is 26.1 Å². The third-order valence-electron chi connectivity index (χ3n) is 4.95. The first-order valence-electron chi connectivity index (χ1n) is 9.40. The topological polar surface area (TPSA) is 72.9 Å². The monoisotopic (exact) mass is 361 g/mol. The number of rotatable bonds is 8. The number of hydrogen-bond donors (Lipinski definition) is 2. The van der Waals surface area contributed by atoms with Gasteiger partial charge in [-0.15, -0.1) is 0 Å². The van der Waals surface area contributed by atoms with E-state index in [1.165, 1.54) is 11.1 Å². The molecule has 2 N–H and O–H groups in total. The van der Waals surface area contributed by atoms with Crippen LogP contribution in [0.2, 0.25) is 0 Å². The van der Waals surface area contributed by atoms with Crippen LogP contribution in [0, 0.1) is 6.92 Å². The van der Waals surface area contributed by atoms with Crippen molar-refractivity contribution in [3.05, 3.63) is 35.4 Å². The highest BCUT2D eigenvalue weighted by molar-refractivity contribution is 5.89. The summed E-state index contributed by atoms with van der Waals surface area (Å²) in [4.78, 5) is 29.1. The van der Waals surface area contributed by atoms with Crippen LogP contribution in [0.4, 0.5) is 0 Å². The number of piperazine rings is 1. The third kappa shape index (κ3) is 5.29. The van der Waals surface area contributed by atoms with Gasteiger partial charge in [-0.05, 0) is 38.3 Å². The average molecular weight is 361 g/mol. The SMILES string of the molecule is Cc1ccccc1CN1CCNC(=O)[C@@H]1CC(=O)N(CCCO)C(C)C. The molecule has 2 rings (SSSR count). The zero-order valence-corrected chi connectivity index (χ0v) is 16.1. The lowest BCUT2D eigenvalue weighted by molar-refractivity contribution is -0.140. The van der Waals surface area contributed by atoms with Crippen LogP contribution in [0.15, 0.2) is 24.3 Å². The van der Waals surface area contributed by atoms with Crippen molar-refractivity contribution in [2.45, 2.75) is 52.2 Å². The Morgan fingerprint density at radius 1 is 1.38 bits per heavy atom. The first-order chi connectivity index (χ1) is 12.4. The number of hydrogen-bond acceptors (Lipinski definition) is 4. The fourth-order valence-electron chi connectivity index (χ4n) is 3.37. The third-order valence-corrected chi connectivity index (χ3v) is 4.95. The first-order valence-corrected chi connectivity index (χ1v) is 9.40. The Hall–Kier alpha value is -1.92. The van der Waals surface area contributed by atoms with E-state index in [4.69, 9.17) is 5.11 Å². The Morgan fingerprint density at radius 2 is 2.12 bits per heavy atom. The number of amides is 2. The molecule has 1 atom stereocenters. The Kier molecular flexibility index (Phi) is 7.60. The van der Waals surface area contributed by atoms with Crippen LogP contribution < -0.4 is 5.32 Å². The summed E-state index contributed by atoms with van der Waals surface area (Å²) in [6, 6.07) is 7.74. The molecule has 0 aliphatic carbocycles. The lowest BCUT2D eigenvalue weighted by atomic mass is 10.0. The van der Waals surface area contributed by atoms with Gasteiger partial charge in [-0.25, -0.2) is 0 Å². The minimum Gasteiger partial charge on any atom is -0.396 e. The molecule has 144 valence electrons. The molecule has 1 aromatic rings. The zero-order valence-electron chi connectivity index (χ0n) is 16.1. The number of carbonyl (C=O) groups excluding carboxylic acids is 2. The molecule has 0 aromatic heterocycles. The number of nitrogens with zero attached hydrogens (tertiary/aromatic N) is 2. The van der Waals surface area contributed by atoms with E-state index >= 15 is 0 Å². The Labute approximate surface area is 156 Å². The molecule has 0 saturated carbocycles. The molecule has 0 bridgehead atoms. The summed E-state index contributed by atoms with van der Waals surface area (Å²) in [5.74, 6) is -0.116. The highest BCUT2D eigenvalue weighted by atomic mass is 16.3. The van der Waals surface area contributed by atoms with E-state index in [1.807, 2.05) is 26.0 Å². The molecule has 2 amide bonds. The zero-order chi connectivity index (χ0) is 19.1. The maximum atomic E-state index is 12.8. The summed E-state index contributed by atoms with van der Waals surface area (Å²) in [6.07, 6.45) is 0.717. The molecule has 1 fully saturated rings. The lowest BCUT2D eigenvalue weighted by Crippen LogP contribution is -2.56. The second kappa shape index (κ2) is 9.69. The summed E-state index contributed by atoms with van der Waals surface area (Å²) in [7, 11) is 0. The second-order valence-electron chi connectivity index (χ2n) is 7.17. The van der Waals surface area contributed by atoms with Gasteiger partial charge < -0.3 is 15.3 Å². The Bertz CT molecular complexity index is 618. The first kappa shape index (κ1) is 20.4. The van der Waals surface area contributed by atoms with Crippen molar-refractivity contribution in [2.75, 3.05) is 26.2 Å². The molecule has 0 unspecified atom stereocenters. The fourth-order valence-corrected chi connectivity index (χ4v) is 3.37. The standard InChI is InChI=1S/C20H31N3O3/c1-15(2)23(10-6-12-24)19(25)13-18-20(26)21-9-11-22(18)14-17-8-5-4-7-16(17)3/h4-5,7-8,15,18,24H,6,9-14H2,1-3H3,(H,21,26)/t18-/m0/s1. The van der Waals surface area contributed by atoms with Crippen LogP contribution in [0.1, 0.15) is 37.8 Å². The van der Waals surface area contributed by atoms with Crippen molar-refractivity contribution in [2.24, 2.45) is 0 Å². The van der Waals surface area contributed by atoms with Crippen molar-refractivity contribution >= 4 is 11.8 Å².